The van der Waals surface area contributed by atoms with Gasteiger partial charge in [0.15, 0.2) is 11.5 Å². The molecule has 1 aromatic rings. The van der Waals surface area contributed by atoms with E-state index in [0.29, 0.717) is 13.2 Å². The Labute approximate surface area is 105 Å². The van der Waals surface area contributed by atoms with Gasteiger partial charge in [-0.15, -0.1) is 0 Å². The van der Waals surface area contributed by atoms with Gasteiger partial charge >= 0.3 is 0 Å². The average Bonchev–Trinajstić information content (AvgIpc) is 2.35. The zero-order chi connectivity index (χ0) is 12.1. The number of anilines is 1. The predicted molar refractivity (Wildman–Crippen MR) is 69.9 cm³/mol. The standard InChI is InChI=1S/C12H17NO3S/c1-14-4-5-17-8-9-6-11-12(7-10(9)13)16-3-2-15-11/h6-7H,2-5,8,13H2,1H3. The van der Waals surface area contributed by atoms with E-state index in [0.717, 1.165) is 40.9 Å². The first-order valence-corrected chi connectivity index (χ1v) is 6.71. The maximum absolute atomic E-state index is 5.98. The maximum Gasteiger partial charge on any atom is 0.163 e. The lowest BCUT2D eigenvalue weighted by Gasteiger charge is -2.20. The highest BCUT2D eigenvalue weighted by molar-refractivity contribution is 7.98. The van der Waals surface area contributed by atoms with Gasteiger partial charge < -0.3 is 19.9 Å². The molecule has 1 aliphatic rings. The highest BCUT2D eigenvalue weighted by atomic mass is 32.2. The summed E-state index contributed by atoms with van der Waals surface area (Å²) in [6.45, 7) is 1.96. The van der Waals surface area contributed by atoms with Crippen LogP contribution in [0.3, 0.4) is 0 Å². The summed E-state index contributed by atoms with van der Waals surface area (Å²) in [6, 6.07) is 3.82. The molecule has 5 heteroatoms. The Hall–Kier alpha value is -1.07. The van der Waals surface area contributed by atoms with Crippen molar-refractivity contribution < 1.29 is 14.2 Å². The van der Waals surface area contributed by atoms with Crippen LogP contribution in [0.1, 0.15) is 5.56 Å². The molecule has 0 aromatic heterocycles. The largest absolute Gasteiger partial charge is 0.486 e. The fourth-order valence-electron chi connectivity index (χ4n) is 1.60. The van der Waals surface area contributed by atoms with Crippen LogP contribution in [0.5, 0.6) is 11.5 Å². The molecule has 0 atom stereocenters. The fourth-order valence-corrected chi connectivity index (χ4v) is 2.49. The van der Waals surface area contributed by atoms with E-state index in [1.165, 1.54) is 0 Å². The normalized spacial score (nSPS) is 13.7. The van der Waals surface area contributed by atoms with Gasteiger partial charge in [-0.2, -0.15) is 11.8 Å². The molecule has 1 heterocycles. The summed E-state index contributed by atoms with van der Waals surface area (Å²) in [5, 5.41) is 0. The first-order chi connectivity index (χ1) is 8.31. The van der Waals surface area contributed by atoms with E-state index < -0.39 is 0 Å². The molecular weight excluding hydrogens is 238 g/mol. The Kier molecular flexibility index (Phi) is 4.39. The maximum atomic E-state index is 5.98. The first kappa shape index (κ1) is 12.4. The fraction of sp³-hybridized carbons (Fsp3) is 0.500. The Morgan fingerprint density at radius 3 is 2.71 bits per heavy atom. The minimum Gasteiger partial charge on any atom is -0.486 e. The van der Waals surface area contributed by atoms with E-state index in [1.807, 2.05) is 12.1 Å². The Morgan fingerprint density at radius 1 is 1.29 bits per heavy atom. The van der Waals surface area contributed by atoms with Crippen LogP contribution in [0.15, 0.2) is 12.1 Å². The molecular formula is C12H17NO3S. The number of nitrogen functional groups attached to an aromatic ring is 1. The van der Waals surface area contributed by atoms with Crippen LogP contribution >= 0.6 is 11.8 Å². The molecule has 0 radical (unpaired) electrons. The molecule has 1 aliphatic heterocycles. The van der Waals surface area contributed by atoms with Crippen molar-refractivity contribution >= 4 is 17.4 Å². The number of benzene rings is 1. The summed E-state index contributed by atoms with van der Waals surface area (Å²) in [6.07, 6.45) is 0. The summed E-state index contributed by atoms with van der Waals surface area (Å²) < 4.78 is 16.0. The summed E-state index contributed by atoms with van der Waals surface area (Å²) in [7, 11) is 1.71. The van der Waals surface area contributed by atoms with E-state index in [2.05, 4.69) is 0 Å². The second-order valence-corrected chi connectivity index (χ2v) is 4.85. The van der Waals surface area contributed by atoms with Gasteiger partial charge in [0.1, 0.15) is 13.2 Å². The number of ether oxygens (including phenoxy) is 3. The van der Waals surface area contributed by atoms with Crippen molar-refractivity contribution in [2.24, 2.45) is 0 Å². The zero-order valence-electron chi connectivity index (χ0n) is 9.90. The summed E-state index contributed by atoms with van der Waals surface area (Å²) in [5.41, 5.74) is 7.84. The molecule has 0 amide bonds. The molecule has 0 spiro atoms. The monoisotopic (exact) mass is 255 g/mol. The lowest BCUT2D eigenvalue weighted by Crippen LogP contribution is -2.16. The molecule has 0 saturated carbocycles. The molecule has 0 unspecified atom stereocenters. The molecule has 2 N–H and O–H groups in total. The number of fused-ring (bicyclic) bond motifs is 1. The van der Waals surface area contributed by atoms with Gasteiger partial charge in [-0.1, -0.05) is 0 Å². The lowest BCUT2D eigenvalue weighted by atomic mass is 10.2. The van der Waals surface area contributed by atoms with Gasteiger partial charge in [-0.3, -0.25) is 0 Å². The molecule has 0 saturated heterocycles. The first-order valence-electron chi connectivity index (χ1n) is 5.56. The van der Waals surface area contributed by atoms with Crippen molar-refractivity contribution in [2.75, 3.05) is 38.4 Å². The van der Waals surface area contributed by atoms with E-state index in [9.17, 15) is 0 Å². The Balaban J connectivity index is 2.01. The Bertz CT molecular complexity index is 384. The number of thioether (sulfide) groups is 1. The Morgan fingerprint density at radius 2 is 2.00 bits per heavy atom. The summed E-state index contributed by atoms with van der Waals surface area (Å²) in [5.74, 6) is 3.38. The van der Waals surface area contributed by atoms with Gasteiger partial charge in [0.2, 0.25) is 0 Å². The third kappa shape index (κ3) is 3.20. The summed E-state index contributed by atoms with van der Waals surface area (Å²) in [4.78, 5) is 0. The van der Waals surface area contributed by atoms with Crippen LogP contribution in [0.2, 0.25) is 0 Å². The van der Waals surface area contributed by atoms with Crippen LogP contribution in [0.4, 0.5) is 5.69 Å². The molecule has 1 aromatic carbocycles. The second kappa shape index (κ2) is 6.02. The van der Waals surface area contributed by atoms with E-state index >= 15 is 0 Å². The highest BCUT2D eigenvalue weighted by Crippen LogP contribution is 2.35. The summed E-state index contributed by atoms with van der Waals surface area (Å²) >= 11 is 1.79. The lowest BCUT2D eigenvalue weighted by molar-refractivity contribution is 0.171. The molecule has 4 nitrogen and oxygen atoms in total. The van der Waals surface area contributed by atoms with Crippen LogP contribution < -0.4 is 15.2 Å². The van der Waals surface area contributed by atoms with Crippen molar-refractivity contribution in [3.05, 3.63) is 17.7 Å². The molecule has 0 bridgehead atoms. The predicted octanol–water partition coefficient (Wildman–Crippen LogP) is 1.92. The van der Waals surface area contributed by atoms with Crippen LogP contribution in [-0.2, 0) is 10.5 Å². The highest BCUT2D eigenvalue weighted by Gasteiger charge is 2.14. The molecule has 94 valence electrons. The molecule has 0 aliphatic carbocycles. The van der Waals surface area contributed by atoms with Crippen molar-refractivity contribution in [3.8, 4) is 11.5 Å². The topological polar surface area (TPSA) is 53.7 Å². The third-order valence-electron chi connectivity index (χ3n) is 2.49. The SMILES string of the molecule is COCCSCc1cc2c(cc1N)OCCO2. The van der Waals surface area contributed by atoms with Crippen LogP contribution in [0, 0.1) is 0 Å². The van der Waals surface area contributed by atoms with Gasteiger partial charge in [-0.25, -0.2) is 0 Å². The van der Waals surface area contributed by atoms with E-state index in [4.69, 9.17) is 19.9 Å². The van der Waals surface area contributed by atoms with Gasteiger partial charge in [-0.05, 0) is 11.6 Å². The number of rotatable bonds is 5. The van der Waals surface area contributed by atoms with Crippen molar-refractivity contribution in [1.29, 1.82) is 0 Å². The van der Waals surface area contributed by atoms with E-state index in [1.54, 1.807) is 18.9 Å². The molecule has 2 rings (SSSR count). The zero-order valence-corrected chi connectivity index (χ0v) is 10.7. The van der Waals surface area contributed by atoms with Crippen LogP contribution in [-0.4, -0.2) is 32.7 Å². The van der Waals surface area contributed by atoms with Crippen molar-refractivity contribution in [2.45, 2.75) is 5.75 Å². The van der Waals surface area contributed by atoms with Gasteiger partial charge in [0.25, 0.3) is 0 Å². The number of hydrogen-bond acceptors (Lipinski definition) is 5. The number of methoxy groups -OCH3 is 1. The number of hydrogen-bond donors (Lipinski definition) is 1. The van der Waals surface area contributed by atoms with Crippen LogP contribution in [0.25, 0.3) is 0 Å². The minimum atomic E-state index is 0.592. The van der Waals surface area contributed by atoms with Gasteiger partial charge in [0.05, 0.1) is 6.61 Å². The smallest absolute Gasteiger partial charge is 0.163 e. The number of nitrogens with two attached hydrogens (primary N) is 1. The molecule has 0 fully saturated rings. The van der Waals surface area contributed by atoms with Crippen molar-refractivity contribution in [1.82, 2.24) is 0 Å². The third-order valence-corrected chi connectivity index (χ3v) is 3.46. The second-order valence-electron chi connectivity index (χ2n) is 3.74. The quantitative estimate of drug-likeness (QED) is 0.643. The molecule has 17 heavy (non-hydrogen) atoms. The minimum absolute atomic E-state index is 0.592. The van der Waals surface area contributed by atoms with E-state index in [-0.39, 0.29) is 0 Å². The van der Waals surface area contributed by atoms with Gasteiger partial charge in [0, 0.05) is 30.4 Å². The average molecular weight is 255 g/mol. The van der Waals surface area contributed by atoms with Crippen molar-refractivity contribution in [3.63, 3.8) is 0 Å².